The van der Waals surface area contributed by atoms with Crippen LogP contribution in [0.2, 0.25) is 0 Å². The molecule has 0 aliphatic carbocycles. The van der Waals surface area contributed by atoms with Crippen LogP contribution < -0.4 is 5.73 Å². The fourth-order valence-electron chi connectivity index (χ4n) is 2.40. The number of fused-ring (bicyclic) bond motifs is 1. The number of rotatable bonds is 2. The Bertz CT molecular complexity index is 890. The highest BCUT2D eigenvalue weighted by molar-refractivity contribution is 5.84. The van der Waals surface area contributed by atoms with Crippen molar-refractivity contribution in [1.82, 2.24) is 9.97 Å². The summed E-state index contributed by atoms with van der Waals surface area (Å²) in [6, 6.07) is 15.7. The summed E-state index contributed by atoms with van der Waals surface area (Å²) < 4.78 is 5.13. The van der Waals surface area contributed by atoms with Crippen LogP contribution in [0.4, 0.5) is 5.69 Å². The third-order valence-electron chi connectivity index (χ3n) is 3.52. The number of nitrogen functional groups attached to an aromatic ring is 1. The minimum Gasteiger partial charge on any atom is -0.472 e. The number of aromatic amines is 1. The molecule has 21 heavy (non-hydrogen) atoms. The van der Waals surface area contributed by atoms with Crippen LogP contribution >= 0.6 is 0 Å². The average Bonchev–Trinajstić information content (AvgIpc) is 3.16. The van der Waals surface area contributed by atoms with Gasteiger partial charge in [0.1, 0.15) is 5.82 Å². The second-order valence-electron chi connectivity index (χ2n) is 4.95. The number of aromatic nitrogens is 2. The van der Waals surface area contributed by atoms with Crippen LogP contribution in [0.5, 0.6) is 0 Å². The van der Waals surface area contributed by atoms with Crippen LogP contribution in [0.1, 0.15) is 0 Å². The number of hydrogen-bond acceptors (Lipinski definition) is 3. The highest BCUT2D eigenvalue weighted by atomic mass is 16.3. The molecule has 3 N–H and O–H groups in total. The lowest BCUT2D eigenvalue weighted by Gasteiger charge is -1.97. The average molecular weight is 275 g/mol. The third-order valence-corrected chi connectivity index (χ3v) is 3.52. The first-order valence-electron chi connectivity index (χ1n) is 6.68. The van der Waals surface area contributed by atoms with Crippen molar-refractivity contribution in [1.29, 1.82) is 0 Å². The maximum Gasteiger partial charge on any atom is 0.138 e. The highest BCUT2D eigenvalue weighted by Gasteiger charge is 2.07. The van der Waals surface area contributed by atoms with E-state index in [2.05, 4.69) is 16.0 Å². The molecule has 0 radical (unpaired) electrons. The smallest absolute Gasteiger partial charge is 0.138 e. The number of nitrogens with two attached hydrogens (primary N) is 1. The topological polar surface area (TPSA) is 67.8 Å². The first kappa shape index (κ1) is 11.8. The van der Waals surface area contributed by atoms with Crippen molar-refractivity contribution in [3.63, 3.8) is 0 Å². The zero-order valence-electron chi connectivity index (χ0n) is 11.2. The molecule has 4 rings (SSSR count). The lowest BCUT2D eigenvalue weighted by molar-refractivity contribution is 0.568. The third kappa shape index (κ3) is 2.07. The van der Waals surface area contributed by atoms with Gasteiger partial charge in [-0.3, -0.25) is 0 Å². The number of nitrogens with one attached hydrogen (secondary N) is 1. The normalized spacial score (nSPS) is 11.0. The second kappa shape index (κ2) is 4.52. The van der Waals surface area contributed by atoms with E-state index in [9.17, 15) is 0 Å². The Morgan fingerprint density at radius 3 is 2.48 bits per heavy atom. The predicted molar refractivity (Wildman–Crippen MR) is 83.6 cm³/mol. The van der Waals surface area contributed by atoms with Gasteiger partial charge in [0.2, 0.25) is 0 Å². The van der Waals surface area contributed by atoms with Gasteiger partial charge in [0.05, 0.1) is 23.6 Å². The van der Waals surface area contributed by atoms with Crippen LogP contribution in [-0.4, -0.2) is 9.97 Å². The molecule has 2 heterocycles. The molecule has 4 aromatic rings. The summed E-state index contributed by atoms with van der Waals surface area (Å²) in [7, 11) is 0. The van der Waals surface area contributed by atoms with Gasteiger partial charge in [0.15, 0.2) is 0 Å². The van der Waals surface area contributed by atoms with E-state index in [0.717, 1.165) is 39.2 Å². The van der Waals surface area contributed by atoms with Gasteiger partial charge >= 0.3 is 0 Å². The van der Waals surface area contributed by atoms with E-state index >= 15 is 0 Å². The molecule has 0 saturated carbocycles. The van der Waals surface area contributed by atoms with Gasteiger partial charge in [-0.15, -0.1) is 0 Å². The quantitative estimate of drug-likeness (QED) is 0.542. The highest BCUT2D eigenvalue weighted by Crippen LogP contribution is 2.26. The Labute approximate surface area is 121 Å². The largest absolute Gasteiger partial charge is 0.472 e. The zero-order valence-corrected chi connectivity index (χ0v) is 11.2. The predicted octanol–water partition coefficient (Wildman–Crippen LogP) is 4.07. The summed E-state index contributed by atoms with van der Waals surface area (Å²) >= 11 is 0. The van der Waals surface area contributed by atoms with Crippen LogP contribution in [-0.2, 0) is 0 Å². The maximum atomic E-state index is 5.71. The van der Waals surface area contributed by atoms with Gasteiger partial charge in [0.25, 0.3) is 0 Å². The summed E-state index contributed by atoms with van der Waals surface area (Å²) in [5.41, 5.74) is 11.6. The first-order valence-corrected chi connectivity index (χ1v) is 6.68. The minimum absolute atomic E-state index is 0.747. The molecule has 0 aliphatic heterocycles. The number of nitrogens with zero attached hydrogens (tertiary/aromatic N) is 1. The number of H-pyrrole nitrogens is 1. The molecular formula is C17H13N3O. The van der Waals surface area contributed by atoms with Crippen LogP contribution in [0.15, 0.2) is 65.5 Å². The van der Waals surface area contributed by atoms with Crippen molar-refractivity contribution in [2.75, 3.05) is 5.73 Å². The van der Waals surface area contributed by atoms with E-state index in [0.29, 0.717) is 0 Å². The number of benzene rings is 2. The van der Waals surface area contributed by atoms with Crippen molar-refractivity contribution in [3.05, 3.63) is 61.1 Å². The number of hydrogen-bond donors (Lipinski definition) is 2. The fraction of sp³-hybridized carbons (Fsp3) is 0. The van der Waals surface area contributed by atoms with Crippen molar-refractivity contribution in [2.45, 2.75) is 0 Å². The Hall–Kier alpha value is -3.01. The molecule has 0 spiro atoms. The summed E-state index contributed by atoms with van der Waals surface area (Å²) in [6.07, 6.45) is 3.41. The summed E-state index contributed by atoms with van der Waals surface area (Å²) in [6.45, 7) is 0. The van der Waals surface area contributed by atoms with E-state index in [1.807, 2.05) is 42.5 Å². The summed E-state index contributed by atoms with van der Waals surface area (Å²) in [5.74, 6) is 0.842. The summed E-state index contributed by atoms with van der Waals surface area (Å²) in [4.78, 5) is 7.97. The molecule has 0 fully saturated rings. The van der Waals surface area contributed by atoms with Gasteiger partial charge in [-0.2, -0.15) is 0 Å². The van der Waals surface area contributed by atoms with E-state index in [4.69, 9.17) is 10.2 Å². The maximum absolute atomic E-state index is 5.71. The standard InChI is InChI=1S/C17H13N3O/c18-14-4-1-11(2-5-14)17-19-15-6-3-12(9-16(15)20-17)13-7-8-21-10-13/h1-10H,18H2,(H,19,20). The lowest BCUT2D eigenvalue weighted by atomic mass is 10.1. The van der Waals surface area contributed by atoms with Gasteiger partial charge < -0.3 is 15.1 Å². The number of imidazole rings is 1. The van der Waals surface area contributed by atoms with Crippen LogP contribution in [0.25, 0.3) is 33.5 Å². The SMILES string of the molecule is Nc1ccc(-c2nc3ccc(-c4ccoc4)cc3[nH]2)cc1. The van der Waals surface area contributed by atoms with Crippen molar-refractivity contribution >= 4 is 16.7 Å². The lowest BCUT2D eigenvalue weighted by Crippen LogP contribution is -1.84. The Morgan fingerprint density at radius 2 is 1.71 bits per heavy atom. The molecule has 0 unspecified atom stereocenters. The molecule has 0 atom stereocenters. The van der Waals surface area contributed by atoms with Gasteiger partial charge in [0, 0.05) is 16.8 Å². The van der Waals surface area contributed by atoms with E-state index < -0.39 is 0 Å². The molecule has 102 valence electrons. The van der Waals surface area contributed by atoms with Crippen LogP contribution in [0.3, 0.4) is 0 Å². The van der Waals surface area contributed by atoms with Gasteiger partial charge in [-0.05, 0) is 48.0 Å². The minimum atomic E-state index is 0.747. The summed E-state index contributed by atoms with van der Waals surface area (Å²) in [5, 5.41) is 0. The number of anilines is 1. The van der Waals surface area contributed by atoms with Gasteiger partial charge in [-0.1, -0.05) is 6.07 Å². The van der Waals surface area contributed by atoms with Crippen molar-refractivity contribution in [2.24, 2.45) is 0 Å². The molecule has 0 aliphatic rings. The van der Waals surface area contributed by atoms with Crippen molar-refractivity contribution < 1.29 is 4.42 Å². The Balaban J connectivity index is 1.81. The molecular weight excluding hydrogens is 262 g/mol. The molecule has 4 heteroatoms. The molecule has 0 saturated heterocycles. The van der Waals surface area contributed by atoms with E-state index in [1.165, 1.54) is 0 Å². The molecule has 0 amide bonds. The molecule has 2 aromatic heterocycles. The second-order valence-corrected chi connectivity index (χ2v) is 4.95. The Kier molecular flexibility index (Phi) is 2.54. The van der Waals surface area contributed by atoms with Crippen LogP contribution in [0, 0.1) is 0 Å². The fourth-order valence-corrected chi connectivity index (χ4v) is 2.40. The monoisotopic (exact) mass is 275 g/mol. The van der Waals surface area contributed by atoms with Gasteiger partial charge in [-0.25, -0.2) is 4.98 Å². The zero-order chi connectivity index (χ0) is 14.2. The van der Waals surface area contributed by atoms with E-state index in [1.54, 1.807) is 12.5 Å². The molecule has 4 nitrogen and oxygen atoms in total. The van der Waals surface area contributed by atoms with E-state index in [-0.39, 0.29) is 0 Å². The Morgan fingerprint density at radius 1 is 0.905 bits per heavy atom. The number of furan rings is 1. The molecule has 0 bridgehead atoms. The molecule has 2 aromatic carbocycles. The first-order chi connectivity index (χ1) is 10.3. The van der Waals surface area contributed by atoms with Crippen molar-refractivity contribution in [3.8, 4) is 22.5 Å².